The number of carbonyl (C=O) groups excluding carboxylic acids is 2. The Morgan fingerprint density at radius 3 is 2.39 bits per heavy atom. The van der Waals surface area contributed by atoms with Gasteiger partial charge in [-0.3, -0.25) is 9.59 Å². The molecule has 2 heterocycles. The van der Waals surface area contributed by atoms with Crippen LogP contribution in [0.3, 0.4) is 0 Å². The van der Waals surface area contributed by atoms with Crippen LogP contribution in [0.2, 0.25) is 0 Å². The lowest BCUT2D eigenvalue weighted by Gasteiger charge is -2.32. The Hall–Kier alpha value is -2.92. The molecule has 3 aromatic rings. The minimum absolute atomic E-state index is 0.0189. The lowest BCUT2D eigenvalue weighted by molar-refractivity contribution is 0.0637. The first-order valence-corrected chi connectivity index (χ1v) is 10.3. The van der Waals surface area contributed by atoms with Gasteiger partial charge in [0.2, 0.25) is 0 Å². The highest BCUT2D eigenvalue weighted by molar-refractivity contribution is 7.08. The molecule has 0 unspecified atom stereocenters. The Morgan fingerprint density at radius 1 is 0.929 bits per heavy atom. The second kappa shape index (κ2) is 8.40. The zero-order chi connectivity index (χ0) is 19.3. The lowest BCUT2D eigenvalue weighted by atomic mass is 9.89. The number of benzene rings is 2. The second-order valence-electron chi connectivity index (χ2n) is 6.91. The van der Waals surface area contributed by atoms with E-state index < -0.39 is 0 Å². The van der Waals surface area contributed by atoms with Crippen LogP contribution in [0.15, 0.2) is 71.4 Å². The largest absolute Gasteiger partial charge is 0.457 e. The quantitative estimate of drug-likeness (QED) is 0.556. The number of likely N-dealkylation sites (tertiary alicyclic amines) is 1. The van der Waals surface area contributed by atoms with Gasteiger partial charge in [-0.15, -0.1) is 0 Å². The summed E-state index contributed by atoms with van der Waals surface area (Å²) in [6.45, 7) is 1.19. The van der Waals surface area contributed by atoms with Gasteiger partial charge in [-0.05, 0) is 60.7 Å². The van der Waals surface area contributed by atoms with Gasteiger partial charge in [0.25, 0.3) is 5.91 Å². The molecular formula is C23H21NO3S. The van der Waals surface area contributed by atoms with Gasteiger partial charge in [0.1, 0.15) is 11.5 Å². The maximum Gasteiger partial charge on any atom is 0.254 e. The van der Waals surface area contributed by atoms with Gasteiger partial charge in [0.05, 0.1) is 5.56 Å². The van der Waals surface area contributed by atoms with Crippen LogP contribution in [0.25, 0.3) is 0 Å². The summed E-state index contributed by atoms with van der Waals surface area (Å²) in [5.41, 5.74) is 1.37. The number of amides is 1. The molecular weight excluding hydrogens is 370 g/mol. The molecule has 4 rings (SSSR count). The number of para-hydroxylation sites is 1. The molecule has 0 N–H and O–H groups in total. The molecule has 1 aromatic heterocycles. The number of carbonyl (C=O) groups is 2. The summed E-state index contributed by atoms with van der Waals surface area (Å²) in [5.74, 6) is 1.41. The molecule has 1 aliphatic heterocycles. The van der Waals surface area contributed by atoms with Crippen LogP contribution in [0.1, 0.15) is 33.6 Å². The van der Waals surface area contributed by atoms with Crippen molar-refractivity contribution in [3.05, 3.63) is 82.6 Å². The molecule has 0 bridgehead atoms. The number of Topliss-reactive ketones (excluding diaryl/α,β-unsaturated/α-hetero) is 1. The van der Waals surface area contributed by atoms with Crippen molar-refractivity contribution >= 4 is 23.0 Å². The Morgan fingerprint density at radius 2 is 1.68 bits per heavy atom. The van der Waals surface area contributed by atoms with Crippen LogP contribution in [-0.4, -0.2) is 29.7 Å². The Bertz CT molecular complexity index is 936. The number of thiophene rings is 1. The van der Waals surface area contributed by atoms with Crippen molar-refractivity contribution in [1.29, 1.82) is 0 Å². The van der Waals surface area contributed by atoms with Gasteiger partial charge < -0.3 is 9.64 Å². The average molecular weight is 391 g/mol. The lowest BCUT2D eigenvalue weighted by Crippen LogP contribution is -2.42. The zero-order valence-corrected chi connectivity index (χ0v) is 16.2. The third-order valence-electron chi connectivity index (χ3n) is 4.97. The standard InChI is InChI=1S/C23H21NO3S/c25-22(17-8-10-21(11-9-17)27-20-6-2-1-3-7-20)18-5-4-13-24(15-18)23(26)19-12-14-28-16-19/h1-3,6-12,14,16,18H,4-5,13,15H2/t18-/m0/s1. The molecule has 0 radical (unpaired) electrons. The molecule has 142 valence electrons. The summed E-state index contributed by atoms with van der Waals surface area (Å²) in [5, 5.41) is 3.76. The molecule has 28 heavy (non-hydrogen) atoms. The van der Waals surface area contributed by atoms with Gasteiger partial charge in [0, 0.05) is 30.0 Å². The Kier molecular flexibility index (Phi) is 5.53. The van der Waals surface area contributed by atoms with Crippen molar-refractivity contribution < 1.29 is 14.3 Å². The van der Waals surface area contributed by atoms with Gasteiger partial charge in [0.15, 0.2) is 5.78 Å². The highest BCUT2D eigenvalue weighted by Gasteiger charge is 2.29. The zero-order valence-electron chi connectivity index (χ0n) is 15.4. The fourth-order valence-electron chi connectivity index (χ4n) is 3.49. The molecule has 5 heteroatoms. The van der Waals surface area contributed by atoms with E-state index in [-0.39, 0.29) is 17.6 Å². The van der Waals surface area contributed by atoms with E-state index in [0.717, 1.165) is 18.6 Å². The fourth-order valence-corrected chi connectivity index (χ4v) is 4.12. The van der Waals surface area contributed by atoms with Crippen LogP contribution in [0.5, 0.6) is 11.5 Å². The van der Waals surface area contributed by atoms with Crippen molar-refractivity contribution in [1.82, 2.24) is 4.90 Å². The van der Waals surface area contributed by atoms with E-state index in [0.29, 0.717) is 30.0 Å². The summed E-state index contributed by atoms with van der Waals surface area (Å²) in [7, 11) is 0. The first-order chi connectivity index (χ1) is 13.7. The molecule has 2 aromatic carbocycles. The van der Waals surface area contributed by atoms with Gasteiger partial charge in [-0.2, -0.15) is 11.3 Å². The van der Waals surface area contributed by atoms with Crippen LogP contribution >= 0.6 is 11.3 Å². The first-order valence-electron chi connectivity index (χ1n) is 9.39. The second-order valence-corrected chi connectivity index (χ2v) is 7.69. The number of ketones is 1. The molecule has 4 nitrogen and oxygen atoms in total. The van der Waals surface area contributed by atoms with Crippen molar-refractivity contribution in [2.24, 2.45) is 5.92 Å². The highest BCUT2D eigenvalue weighted by Crippen LogP contribution is 2.25. The predicted octanol–water partition coefficient (Wildman–Crippen LogP) is 5.28. The third-order valence-corrected chi connectivity index (χ3v) is 5.65. The van der Waals surface area contributed by atoms with Crippen LogP contribution < -0.4 is 4.74 Å². The average Bonchev–Trinajstić information content (AvgIpc) is 3.29. The third kappa shape index (κ3) is 4.15. The normalized spacial score (nSPS) is 16.6. The predicted molar refractivity (Wildman–Crippen MR) is 110 cm³/mol. The fraction of sp³-hybridized carbons (Fsp3) is 0.217. The van der Waals surface area contributed by atoms with E-state index in [9.17, 15) is 9.59 Å². The summed E-state index contributed by atoms with van der Waals surface area (Å²) < 4.78 is 5.79. The van der Waals surface area contributed by atoms with Gasteiger partial charge in [-0.1, -0.05) is 18.2 Å². The number of hydrogen-bond acceptors (Lipinski definition) is 4. The van der Waals surface area contributed by atoms with E-state index in [1.807, 2.05) is 59.3 Å². The van der Waals surface area contributed by atoms with E-state index >= 15 is 0 Å². The Labute approximate surface area is 168 Å². The van der Waals surface area contributed by atoms with E-state index in [1.54, 1.807) is 17.0 Å². The topological polar surface area (TPSA) is 46.6 Å². The van der Waals surface area contributed by atoms with Crippen molar-refractivity contribution in [2.75, 3.05) is 13.1 Å². The molecule has 0 saturated carbocycles. The van der Waals surface area contributed by atoms with Crippen molar-refractivity contribution in [3.8, 4) is 11.5 Å². The van der Waals surface area contributed by atoms with Crippen LogP contribution in [0.4, 0.5) is 0 Å². The Balaban J connectivity index is 1.41. The monoisotopic (exact) mass is 391 g/mol. The molecule has 0 aliphatic carbocycles. The minimum Gasteiger partial charge on any atom is -0.457 e. The first kappa shape index (κ1) is 18.4. The smallest absolute Gasteiger partial charge is 0.254 e. The summed E-state index contributed by atoms with van der Waals surface area (Å²) >= 11 is 1.51. The van der Waals surface area contributed by atoms with Gasteiger partial charge in [-0.25, -0.2) is 0 Å². The van der Waals surface area contributed by atoms with Crippen molar-refractivity contribution in [2.45, 2.75) is 12.8 Å². The molecule has 1 fully saturated rings. The SMILES string of the molecule is O=C(c1ccc(Oc2ccccc2)cc1)[C@H]1CCCN(C(=O)c2ccsc2)C1. The number of piperidine rings is 1. The molecule has 1 saturated heterocycles. The highest BCUT2D eigenvalue weighted by atomic mass is 32.1. The van der Waals surface area contributed by atoms with Crippen molar-refractivity contribution in [3.63, 3.8) is 0 Å². The van der Waals surface area contributed by atoms with Crippen LogP contribution in [0, 0.1) is 5.92 Å². The minimum atomic E-state index is -0.155. The molecule has 0 spiro atoms. The number of hydrogen-bond donors (Lipinski definition) is 0. The summed E-state index contributed by atoms with van der Waals surface area (Å²) in [4.78, 5) is 27.3. The summed E-state index contributed by atoms with van der Waals surface area (Å²) in [6, 6.07) is 18.6. The van der Waals surface area contributed by atoms with E-state index in [1.165, 1.54) is 11.3 Å². The molecule has 1 atom stereocenters. The van der Waals surface area contributed by atoms with Gasteiger partial charge >= 0.3 is 0 Å². The van der Waals surface area contributed by atoms with E-state index in [2.05, 4.69) is 0 Å². The maximum absolute atomic E-state index is 12.9. The maximum atomic E-state index is 12.9. The van der Waals surface area contributed by atoms with E-state index in [4.69, 9.17) is 4.74 Å². The van der Waals surface area contributed by atoms with Crippen LogP contribution in [-0.2, 0) is 0 Å². The summed E-state index contributed by atoms with van der Waals surface area (Å²) in [6.07, 6.45) is 1.66. The molecule has 1 aliphatic rings. The number of ether oxygens (including phenoxy) is 1. The molecule has 1 amide bonds. The number of nitrogens with zero attached hydrogens (tertiary/aromatic N) is 1. The number of rotatable bonds is 5.